The summed E-state index contributed by atoms with van der Waals surface area (Å²) in [4.78, 5) is 22.9. The molecule has 2 atom stereocenters. The fraction of sp³-hybridized carbons (Fsp3) is 0.385. The molecule has 0 fully saturated rings. The van der Waals surface area contributed by atoms with Gasteiger partial charge in [0.2, 0.25) is 11.8 Å². The number of halogens is 1. The van der Waals surface area contributed by atoms with Crippen LogP contribution in [0.2, 0.25) is 5.02 Å². The van der Waals surface area contributed by atoms with Gasteiger partial charge in [0.1, 0.15) is 6.04 Å². The molecular weight excluding hydrogens is 284 g/mol. The normalized spacial score (nSPS) is 13.5. The molecule has 2 amide bonds. The lowest BCUT2D eigenvalue weighted by molar-refractivity contribution is -0.127. The van der Waals surface area contributed by atoms with Crippen LogP contribution in [0.25, 0.3) is 0 Å². The fourth-order valence-electron chi connectivity index (χ4n) is 1.61. The van der Waals surface area contributed by atoms with Gasteiger partial charge >= 0.3 is 0 Å². The van der Waals surface area contributed by atoms with Crippen LogP contribution in [0, 0.1) is 0 Å². The third-order valence-electron chi connectivity index (χ3n) is 2.58. The number of nitrogens with one attached hydrogen (secondary N) is 2. The Morgan fingerprint density at radius 2 is 2.05 bits per heavy atom. The minimum atomic E-state index is -0.637. The Morgan fingerprint density at radius 3 is 2.58 bits per heavy atom. The fourth-order valence-corrected chi connectivity index (χ4v) is 2.07. The second kappa shape index (κ2) is 7.40. The van der Waals surface area contributed by atoms with Crippen LogP contribution in [0.3, 0.4) is 0 Å². The maximum atomic E-state index is 12.0. The zero-order valence-electron chi connectivity index (χ0n) is 10.8. The second-order valence-corrected chi connectivity index (χ2v) is 5.02. The van der Waals surface area contributed by atoms with Gasteiger partial charge in [-0.3, -0.25) is 9.59 Å². The van der Waals surface area contributed by atoms with Gasteiger partial charge in [0.15, 0.2) is 0 Å². The molecule has 2 unspecified atom stereocenters. The molecule has 0 aliphatic rings. The summed E-state index contributed by atoms with van der Waals surface area (Å²) in [5.41, 5.74) is 0.904. The van der Waals surface area contributed by atoms with Crippen LogP contribution in [-0.4, -0.2) is 23.6 Å². The summed E-state index contributed by atoms with van der Waals surface area (Å²) >= 11 is 9.96. The minimum absolute atomic E-state index is 0.192. The van der Waals surface area contributed by atoms with Gasteiger partial charge in [-0.25, -0.2) is 0 Å². The summed E-state index contributed by atoms with van der Waals surface area (Å²) in [5, 5.41) is 5.98. The molecule has 0 aliphatic carbocycles. The minimum Gasteiger partial charge on any atom is -0.348 e. The Hall–Kier alpha value is -1.20. The van der Waals surface area contributed by atoms with Gasteiger partial charge in [-0.05, 0) is 24.6 Å². The highest BCUT2D eigenvalue weighted by Gasteiger charge is 2.19. The lowest BCUT2D eigenvalue weighted by Crippen LogP contribution is -2.47. The molecule has 0 saturated carbocycles. The number of hydrogen-bond acceptors (Lipinski definition) is 3. The van der Waals surface area contributed by atoms with Gasteiger partial charge in [-0.15, -0.1) is 0 Å². The van der Waals surface area contributed by atoms with E-state index in [-0.39, 0.29) is 23.6 Å². The first-order valence-electron chi connectivity index (χ1n) is 5.88. The molecule has 0 radical (unpaired) electrons. The van der Waals surface area contributed by atoms with Crippen LogP contribution in [-0.2, 0) is 9.59 Å². The Morgan fingerprint density at radius 1 is 1.37 bits per heavy atom. The van der Waals surface area contributed by atoms with E-state index in [9.17, 15) is 9.59 Å². The van der Waals surface area contributed by atoms with E-state index in [4.69, 9.17) is 11.6 Å². The van der Waals surface area contributed by atoms with Crippen molar-refractivity contribution in [3.63, 3.8) is 0 Å². The Kier molecular flexibility index (Phi) is 6.18. The Labute approximate surface area is 123 Å². The van der Waals surface area contributed by atoms with Crippen molar-refractivity contribution in [2.45, 2.75) is 25.9 Å². The highest BCUT2D eigenvalue weighted by atomic mass is 35.5. The lowest BCUT2D eigenvalue weighted by atomic mass is 10.1. The van der Waals surface area contributed by atoms with Crippen LogP contribution in [0.1, 0.15) is 25.5 Å². The predicted octanol–water partition coefficient (Wildman–Crippen LogP) is 1.95. The molecule has 1 aromatic rings. The summed E-state index contributed by atoms with van der Waals surface area (Å²) in [6.45, 7) is 3.22. The number of amides is 2. The van der Waals surface area contributed by atoms with Gasteiger partial charge < -0.3 is 10.6 Å². The van der Waals surface area contributed by atoms with Crippen molar-refractivity contribution in [1.82, 2.24) is 10.6 Å². The van der Waals surface area contributed by atoms with E-state index in [0.29, 0.717) is 5.02 Å². The molecule has 19 heavy (non-hydrogen) atoms. The molecule has 1 rings (SSSR count). The van der Waals surface area contributed by atoms with Crippen molar-refractivity contribution in [1.29, 1.82) is 0 Å². The summed E-state index contributed by atoms with van der Waals surface area (Å²) in [5.74, 6) is -0.282. The van der Waals surface area contributed by atoms with Gasteiger partial charge in [0.05, 0.1) is 6.04 Å². The highest BCUT2D eigenvalue weighted by molar-refractivity contribution is 7.80. The van der Waals surface area contributed by atoms with E-state index in [0.717, 1.165) is 5.56 Å². The molecule has 0 spiro atoms. The Bertz CT molecular complexity index is 468. The predicted molar refractivity (Wildman–Crippen MR) is 79.5 cm³/mol. The maximum Gasteiger partial charge on any atom is 0.243 e. The van der Waals surface area contributed by atoms with Gasteiger partial charge in [0.25, 0.3) is 0 Å². The number of benzene rings is 1. The van der Waals surface area contributed by atoms with Crippen molar-refractivity contribution in [3.05, 3.63) is 34.9 Å². The summed E-state index contributed by atoms with van der Waals surface area (Å²) in [7, 11) is 0. The van der Waals surface area contributed by atoms with Crippen LogP contribution in [0.4, 0.5) is 0 Å². The first kappa shape index (κ1) is 15.9. The van der Waals surface area contributed by atoms with E-state index in [1.165, 1.54) is 6.92 Å². The molecule has 104 valence electrons. The first-order valence-corrected chi connectivity index (χ1v) is 6.89. The lowest BCUT2D eigenvalue weighted by Gasteiger charge is -2.20. The summed E-state index contributed by atoms with van der Waals surface area (Å²) in [6.07, 6.45) is 0. The average Bonchev–Trinajstić information content (AvgIpc) is 2.35. The first-order chi connectivity index (χ1) is 8.93. The molecule has 2 N–H and O–H groups in total. The second-order valence-electron chi connectivity index (χ2n) is 4.22. The van der Waals surface area contributed by atoms with Crippen molar-refractivity contribution >= 4 is 36.0 Å². The standard InChI is InChI=1S/C13H17ClN2O2S/c1-8(10-4-3-5-11(14)6-10)15-13(18)12(7-19)16-9(2)17/h3-6,8,12,19H,7H2,1-2H3,(H,15,18)(H,16,17). The summed E-state index contributed by atoms with van der Waals surface area (Å²) < 4.78 is 0. The number of carbonyl (C=O) groups is 2. The third-order valence-corrected chi connectivity index (χ3v) is 3.18. The number of rotatable bonds is 5. The van der Waals surface area contributed by atoms with Gasteiger partial charge in [0, 0.05) is 17.7 Å². The quantitative estimate of drug-likeness (QED) is 0.728. The van der Waals surface area contributed by atoms with Gasteiger partial charge in [-0.2, -0.15) is 12.6 Å². The zero-order valence-corrected chi connectivity index (χ0v) is 12.5. The average molecular weight is 301 g/mol. The maximum absolute atomic E-state index is 12.0. The van der Waals surface area contributed by atoms with Crippen molar-refractivity contribution in [2.24, 2.45) is 0 Å². The number of hydrogen-bond donors (Lipinski definition) is 3. The molecule has 0 aromatic heterocycles. The number of thiol groups is 1. The van der Waals surface area contributed by atoms with Gasteiger partial charge in [-0.1, -0.05) is 23.7 Å². The zero-order chi connectivity index (χ0) is 14.4. The summed E-state index contributed by atoms with van der Waals surface area (Å²) in [6, 6.07) is 6.44. The topological polar surface area (TPSA) is 58.2 Å². The van der Waals surface area contributed by atoms with Crippen LogP contribution in [0.5, 0.6) is 0 Å². The molecule has 6 heteroatoms. The monoisotopic (exact) mass is 300 g/mol. The van der Waals surface area contributed by atoms with Crippen molar-refractivity contribution < 1.29 is 9.59 Å². The van der Waals surface area contributed by atoms with E-state index >= 15 is 0 Å². The Balaban J connectivity index is 2.67. The van der Waals surface area contributed by atoms with E-state index in [2.05, 4.69) is 23.3 Å². The molecule has 0 bridgehead atoms. The largest absolute Gasteiger partial charge is 0.348 e. The molecule has 4 nitrogen and oxygen atoms in total. The molecule has 0 saturated heterocycles. The third kappa shape index (κ3) is 5.12. The molecular formula is C13H17ClN2O2S. The molecule has 1 aromatic carbocycles. The smallest absolute Gasteiger partial charge is 0.243 e. The highest BCUT2D eigenvalue weighted by Crippen LogP contribution is 2.17. The van der Waals surface area contributed by atoms with E-state index < -0.39 is 6.04 Å². The van der Waals surface area contributed by atoms with E-state index in [1.807, 2.05) is 19.1 Å². The molecule has 0 aliphatic heterocycles. The van der Waals surface area contributed by atoms with Crippen molar-refractivity contribution in [2.75, 3.05) is 5.75 Å². The molecule has 0 heterocycles. The van der Waals surface area contributed by atoms with Crippen LogP contribution in [0.15, 0.2) is 24.3 Å². The van der Waals surface area contributed by atoms with Crippen LogP contribution < -0.4 is 10.6 Å². The number of carbonyl (C=O) groups excluding carboxylic acids is 2. The SMILES string of the molecule is CC(=O)NC(CS)C(=O)NC(C)c1cccc(Cl)c1. The van der Waals surface area contributed by atoms with E-state index in [1.54, 1.807) is 12.1 Å². The van der Waals surface area contributed by atoms with Crippen molar-refractivity contribution in [3.8, 4) is 0 Å². The van der Waals surface area contributed by atoms with Crippen LogP contribution >= 0.6 is 24.2 Å².